The zero-order valence-electron chi connectivity index (χ0n) is 21.3. The highest BCUT2D eigenvalue weighted by Gasteiger charge is 1.99. The molecule has 0 fully saturated rings. The maximum absolute atomic E-state index is 10.2. The Kier molecular flexibility index (Phi) is 27.6. The van der Waals surface area contributed by atoms with Crippen LogP contribution < -0.4 is 0 Å². The Hall–Kier alpha value is -1.77. The second-order valence-electron chi connectivity index (χ2n) is 8.47. The molecule has 1 aromatic rings. The molecule has 32 heavy (non-hydrogen) atoms. The molecule has 1 aromatic carbocycles. The molecule has 0 saturated heterocycles. The van der Waals surface area contributed by atoms with Gasteiger partial charge in [0.05, 0.1) is 0 Å². The van der Waals surface area contributed by atoms with Gasteiger partial charge in [-0.15, -0.1) is 13.2 Å². The van der Waals surface area contributed by atoms with E-state index in [4.69, 9.17) is 5.11 Å². The van der Waals surface area contributed by atoms with Crippen molar-refractivity contribution >= 4 is 5.97 Å². The molecule has 1 rings (SSSR count). The van der Waals surface area contributed by atoms with Gasteiger partial charge in [0.1, 0.15) is 5.75 Å². The van der Waals surface area contributed by atoms with E-state index < -0.39 is 5.97 Å². The molecule has 0 heterocycles. The quantitative estimate of drug-likeness (QED) is 0.174. The molecule has 0 saturated carbocycles. The number of hydrogen-bond donors (Lipinski definition) is 2. The van der Waals surface area contributed by atoms with Crippen molar-refractivity contribution < 1.29 is 15.0 Å². The van der Waals surface area contributed by atoms with Crippen LogP contribution in [0.15, 0.2) is 37.4 Å². The van der Waals surface area contributed by atoms with Crippen molar-refractivity contribution in [1.29, 1.82) is 0 Å². The Morgan fingerprint density at radius 1 is 0.688 bits per heavy atom. The highest BCUT2D eigenvalue weighted by molar-refractivity contribution is 5.66. The topological polar surface area (TPSA) is 57.5 Å². The summed E-state index contributed by atoms with van der Waals surface area (Å²) in [4.78, 5) is 10.2. The van der Waals surface area contributed by atoms with Crippen LogP contribution in [0.2, 0.25) is 0 Å². The van der Waals surface area contributed by atoms with Gasteiger partial charge in [-0.1, -0.05) is 122 Å². The van der Waals surface area contributed by atoms with Gasteiger partial charge in [-0.05, 0) is 30.9 Å². The molecule has 0 aliphatic carbocycles. The first-order chi connectivity index (χ1) is 15.6. The molecule has 2 N–H and O–H groups in total. The maximum Gasteiger partial charge on any atom is 0.303 e. The SMILES string of the molecule is C=C.CCCCCCCCCCCC(=O)O.CCCCCCCCCc1ccccc1O. The van der Waals surface area contributed by atoms with Crippen LogP contribution in [-0.4, -0.2) is 16.2 Å². The molecule has 0 aliphatic rings. The number of phenols is 1. The van der Waals surface area contributed by atoms with E-state index in [0.717, 1.165) is 24.8 Å². The number of aliphatic carboxylic acids is 1. The van der Waals surface area contributed by atoms with Crippen LogP contribution in [0.25, 0.3) is 0 Å². The molecule has 0 aromatic heterocycles. The number of benzene rings is 1. The Morgan fingerprint density at radius 2 is 1.09 bits per heavy atom. The summed E-state index contributed by atoms with van der Waals surface area (Å²) in [7, 11) is 0. The first kappa shape index (κ1) is 32.4. The summed E-state index contributed by atoms with van der Waals surface area (Å²) in [6.45, 7) is 10.5. The fourth-order valence-corrected chi connectivity index (χ4v) is 3.58. The molecule has 0 bridgehead atoms. The first-order valence-corrected chi connectivity index (χ1v) is 13.1. The second-order valence-corrected chi connectivity index (χ2v) is 8.47. The molecule has 3 nitrogen and oxygen atoms in total. The average molecular weight is 449 g/mol. The predicted molar refractivity (Wildman–Crippen MR) is 141 cm³/mol. The zero-order chi connectivity index (χ0) is 24.3. The number of unbranched alkanes of at least 4 members (excludes halogenated alkanes) is 14. The van der Waals surface area contributed by atoms with Crippen LogP contribution in [0.1, 0.15) is 129 Å². The van der Waals surface area contributed by atoms with Gasteiger partial charge in [0.25, 0.3) is 0 Å². The number of hydrogen-bond acceptors (Lipinski definition) is 2. The average Bonchev–Trinajstić information content (AvgIpc) is 2.80. The van der Waals surface area contributed by atoms with E-state index in [0.29, 0.717) is 12.2 Å². The summed E-state index contributed by atoms with van der Waals surface area (Å²) >= 11 is 0. The number of aromatic hydroxyl groups is 1. The van der Waals surface area contributed by atoms with Crippen LogP contribution in [0.3, 0.4) is 0 Å². The van der Waals surface area contributed by atoms with Crippen molar-refractivity contribution in [3.05, 3.63) is 43.0 Å². The van der Waals surface area contributed by atoms with E-state index in [-0.39, 0.29) is 0 Å². The molecule has 0 aliphatic heterocycles. The molecule has 0 radical (unpaired) electrons. The van der Waals surface area contributed by atoms with Crippen molar-refractivity contribution in [1.82, 2.24) is 0 Å². The molecular weight excluding hydrogens is 396 g/mol. The number of aryl methyl sites for hydroxylation is 1. The van der Waals surface area contributed by atoms with Crippen molar-refractivity contribution in [2.75, 3.05) is 0 Å². The van der Waals surface area contributed by atoms with E-state index in [1.54, 1.807) is 6.07 Å². The van der Waals surface area contributed by atoms with Crippen molar-refractivity contribution in [2.24, 2.45) is 0 Å². The van der Waals surface area contributed by atoms with Gasteiger partial charge in [-0.25, -0.2) is 0 Å². The first-order valence-electron chi connectivity index (χ1n) is 13.1. The number of rotatable bonds is 18. The number of phenolic OH excluding ortho intramolecular Hbond substituents is 1. The largest absolute Gasteiger partial charge is 0.508 e. The molecule has 186 valence electrons. The third-order valence-electron chi connectivity index (χ3n) is 5.54. The molecule has 0 atom stereocenters. The Balaban J connectivity index is 0. The fourth-order valence-electron chi connectivity index (χ4n) is 3.58. The molecule has 0 amide bonds. The fraction of sp³-hybridized carbons (Fsp3) is 0.690. The van der Waals surface area contributed by atoms with Crippen LogP contribution in [0, 0.1) is 0 Å². The van der Waals surface area contributed by atoms with Crippen LogP contribution in [0.5, 0.6) is 5.75 Å². The standard InChI is InChI=1S/C15H24O.C12H24O2.C2H4/c1-2-3-4-5-6-7-8-11-14-12-9-10-13-15(14)16;1-2-3-4-5-6-7-8-9-10-11-12(13)14;1-2/h9-10,12-13,16H,2-8,11H2,1H3;2-11H2,1H3,(H,13,14);1-2H2. The third-order valence-corrected chi connectivity index (χ3v) is 5.54. The van der Waals surface area contributed by atoms with Crippen LogP contribution in [-0.2, 0) is 11.2 Å². The van der Waals surface area contributed by atoms with Gasteiger partial charge in [-0.3, -0.25) is 4.79 Å². The lowest BCUT2D eigenvalue weighted by molar-refractivity contribution is -0.137. The number of carboxylic acid groups (broad SMARTS) is 1. The summed E-state index contributed by atoms with van der Waals surface area (Å²) in [5.74, 6) is -0.207. The molecular formula is C29H52O3. The van der Waals surface area contributed by atoms with Crippen LogP contribution >= 0.6 is 0 Å². The highest BCUT2D eigenvalue weighted by atomic mass is 16.4. The molecule has 0 unspecified atom stereocenters. The monoisotopic (exact) mass is 448 g/mol. The summed E-state index contributed by atoms with van der Waals surface area (Å²) in [6.07, 6.45) is 21.8. The molecule has 3 heteroatoms. The van der Waals surface area contributed by atoms with Gasteiger partial charge < -0.3 is 10.2 Å². The smallest absolute Gasteiger partial charge is 0.303 e. The van der Waals surface area contributed by atoms with Crippen molar-refractivity contribution in [3.8, 4) is 5.75 Å². The summed E-state index contributed by atoms with van der Waals surface area (Å²) < 4.78 is 0. The normalized spacial score (nSPS) is 9.94. The summed E-state index contributed by atoms with van der Waals surface area (Å²) in [6, 6.07) is 7.67. The Morgan fingerprint density at radius 3 is 1.53 bits per heavy atom. The number of para-hydroxylation sites is 1. The van der Waals surface area contributed by atoms with Gasteiger partial charge in [0.2, 0.25) is 0 Å². The summed E-state index contributed by atoms with van der Waals surface area (Å²) in [5, 5.41) is 18.0. The lowest BCUT2D eigenvalue weighted by atomic mass is 10.0. The molecule has 0 spiro atoms. The van der Waals surface area contributed by atoms with Gasteiger partial charge in [0.15, 0.2) is 0 Å². The van der Waals surface area contributed by atoms with E-state index in [1.165, 1.54) is 89.9 Å². The van der Waals surface area contributed by atoms with E-state index >= 15 is 0 Å². The lowest BCUT2D eigenvalue weighted by Gasteiger charge is -2.04. The zero-order valence-corrected chi connectivity index (χ0v) is 21.3. The minimum absolute atomic E-state index is 0.343. The lowest BCUT2D eigenvalue weighted by Crippen LogP contribution is -1.93. The van der Waals surface area contributed by atoms with Crippen molar-refractivity contribution in [2.45, 2.75) is 129 Å². The third kappa shape index (κ3) is 24.5. The maximum atomic E-state index is 10.2. The van der Waals surface area contributed by atoms with Gasteiger partial charge in [0, 0.05) is 6.42 Å². The Labute approximate surface area is 199 Å². The number of carbonyl (C=O) groups is 1. The highest BCUT2D eigenvalue weighted by Crippen LogP contribution is 2.18. The van der Waals surface area contributed by atoms with E-state index in [1.807, 2.05) is 18.2 Å². The summed E-state index contributed by atoms with van der Waals surface area (Å²) in [5.41, 5.74) is 1.09. The van der Waals surface area contributed by atoms with E-state index in [9.17, 15) is 9.90 Å². The van der Waals surface area contributed by atoms with E-state index in [2.05, 4.69) is 27.0 Å². The second kappa shape index (κ2) is 27.3. The van der Waals surface area contributed by atoms with Gasteiger partial charge >= 0.3 is 5.97 Å². The minimum Gasteiger partial charge on any atom is -0.508 e. The van der Waals surface area contributed by atoms with Crippen LogP contribution in [0.4, 0.5) is 0 Å². The van der Waals surface area contributed by atoms with Crippen molar-refractivity contribution in [3.63, 3.8) is 0 Å². The minimum atomic E-state index is -0.659. The Bertz CT molecular complexity index is 513. The number of carboxylic acids is 1. The van der Waals surface area contributed by atoms with Gasteiger partial charge in [-0.2, -0.15) is 0 Å². The predicted octanol–water partition coefficient (Wildman–Crippen LogP) is 9.48.